The van der Waals surface area contributed by atoms with Crippen molar-refractivity contribution in [3.8, 4) is 17.2 Å². The van der Waals surface area contributed by atoms with E-state index in [1.807, 2.05) is 96.0 Å². The third-order valence-corrected chi connectivity index (χ3v) is 7.40. The second-order valence-corrected chi connectivity index (χ2v) is 9.98. The first-order valence-electron chi connectivity index (χ1n) is 13.3. The van der Waals surface area contributed by atoms with E-state index in [0.29, 0.717) is 24.4 Å². The number of rotatable bonds is 8. The Bertz CT molecular complexity index is 1870. The molecule has 6 aromatic rings. The van der Waals surface area contributed by atoms with E-state index in [2.05, 4.69) is 0 Å². The van der Waals surface area contributed by atoms with Crippen molar-refractivity contribution in [3.63, 3.8) is 0 Å². The highest BCUT2D eigenvalue weighted by atomic mass is 16.5. The third-order valence-electron chi connectivity index (χ3n) is 7.40. The quantitative estimate of drug-likeness (QED) is 0.164. The molecule has 206 valence electrons. The number of aromatic nitrogens is 4. The SMILES string of the molecule is COc1ccc(Cn2nc3ccc(OC(=O)c4ccc5nn(Cc6ccc(OC)cc6)c(C)c5c4)cc3c2C)cc1. The van der Waals surface area contributed by atoms with Crippen molar-refractivity contribution in [1.82, 2.24) is 19.6 Å². The normalized spacial score (nSPS) is 11.2. The number of fused-ring (bicyclic) bond motifs is 2. The van der Waals surface area contributed by atoms with Crippen LogP contribution in [0.4, 0.5) is 0 Å². The number of carbonyl (C=O) groups excluding carboxylic acids is 1. The average Bonchev–Trinajstić information content (AvgIpc) is 3.48. The Morgan fingerprint density at radius 2 is 1.10 bits per heavy atom. The number of aryl methyl sites for hydroxylation is 2. The van der Waals surface area contributed by atoms with Crippen LogP contribution in [0.15, 0.2) is 84.9 Å². The molecule has 0 fully saturated rings. The summed E-state index contributed by atoms with van der Waals surface area (Å²) >= 11 is 0. The van der Waals surface area contributed by atoms with Gasteiger partial charge in [-0.2, -0.15) is 10.2 Å². The van der Waals surface area contributed by atoms with E-state index in [1.165, 1.54) is 0 Å². The Labute approximate surface area is 237 Å². The van der Waals surface area contributed by atoms with Crippen LogP contribution in [-0.4, -0.2) is 39.7 Å². The van der Waals surface area contributed by atoms with E-state index in [1.54, 1.807) is 26.4 Å². The van der Waals surface area contributed by atoms with Crippen LogP contribution >= 0.6 is 0 Å². The van der Waals surface area contributed by atoms with Crippen LogP contribution in [-0.2, 0) is 13.1 Å². The molecule has 0 aliphatic heterocycles. The second kappa shape index (κ2) is 10.8. The van der Waals surface area contributed by atoms with Crippen LogP contribution in [0.2, 0.25) is 0 Å². The molecule has 0 atom stereocenters. The maximum atomic E-state index is 13.2. The molecule has 2 aromatic heterocycles. The van der Waals surface area contributed by atoms with E-state index < -0.39 is 5.97 Å². The monoisotopic (exact) mass is 546 g/mol. The van der Waals surface area contributed by atoms with Crippen molar-refractivity contribution in [1.29, 1.82) is 0 Å². The van der Waals surface area contributed by atoms with Gasteiger partial charge in [-0.15, -0.1) is 0 Å². The number of methoxy groups -OCH3 is 2. The Balaban J connectivity index is 1.20. The molecule has 0 saturated carbocycles. The highest BCUT2D eigenvalue weighted by Crippen LogP contribution is 2.26. The summed E-state index contributed by atoms with van der Waals surface area (Å²) in [4.78, 5) is 13.2. The van der Waals surface area contributed by atoms with Crippen molar-refractivity contribution >= 4 is 27.8 Å². The zero-order chi connectivity index (χ0) is 28.5. The van der Waals surface area contributed by atoms with Crippen molar-refractivity contribution < 1.29 is 19.0 Å². The standard InChI is InChI=1S/C33H30N4O4/c1-21-29-17-25(9-15-31(29)34-36(21)19-23-5-10-26(39-3)11-6-23)33(38)41-28-14-16-32-30(18-28)22(2)37(35-32)20-24-7-12-27(40-4)13-8-24/h5-18H,19-20H2,1-4H3. The van der Waals surface area contributed by atoms with E-state index in [-0.39, 0.29) is 0 Å². The van der Waals surface area contributed by atoms with Gasteiger partial charge in [-0.1, -0.05) is 24.3 Å². The molecule has 0 N–H and O–H groups in total. The lowest BCUT2D eigenvalue weighted by Gasteiger charge is -2.06. The minimum atomic E-state index is -0.420. The first kappa shape index (κ1) is 26.1. The molecule has 0 saturated heterocycles. The van der Waals surface area contributed by atoms with Crippen molar-refractivity contribution in [2.75, 3.05) is 14.2 Å². The molecule has 0 aliphatic rings. The maximum absolute atomic E-state index is 13.2. The van der Waals surface area contributed by atoms with Crippen LogP contribution in [0.1, 0.15) is 32.9 Å². The van der Waals surface area contributed by atoms with Gasteiger partial charge in [0.15, 0.2) is 0 Å². The van der Waals surface area contributed by atoms with Gasteiger partial charge in [-0.05, 0) is 85.6 Å². The van der Waals surface area contributed by atoms with Crippen molar-refractivity contribution in [2.24, 2.45) is 0 Å². The molecule has 0 spiro atoms. The molecule has 8 heteroatoms. The maximum Gasteiger partial charge on any atom is 0.343 e. The number of carbonyl (C=O) groups is 1. The number of hydrogen-bond acceptors (Lipinski definition) is 6. The molecule has 0 amide bonds. The van der Waals surface area contributed by atoms with Gasteiger partial charge in [0.1, 0.15) is 17.2 Å². The van der Waals surface area contributed by atoms with Crippen LogP contribution < -0.4 is 14.2 Å². The topological polar surface area (TPSA) is 80.4 Å². The van der Waals surface area contributed by atoms with Crippen LogP contribution in [0.25, 0.3) is 21.8 Å². The van der Waals surface area contributed by atoms with Crippen molar-refractivity contribution in [3.05, 3.63) is 113 Å². The molecule has 8 nitrogen and oxygen atoms in total. The van der Waals surface area contributed by atoms with Gasteiger partial charge in [0.2, 0.25) is 0 Å². The Morgan fingerprint density at radius 3 is 1.61 bits per heavy atom. The van der Waals surface area contributed by atoms with Gasteiger partial charge in [0.25, 0.3) is 0 Å². The minimum absolute atomic E-state index is 0.420. The van der Waals surface area contributed by atoms with E-state index in [9.17, 15) is 4.79 Å². The lowest BCUT2D eigenvalue weighted by molar-refractivity contribution is 0.0735. The molecule has 0 unspecified atom stereocenters. The highest BCUT2D eigenvalue weighted by Gasteiger charge is 2.16. The van der Waals surface area contributed by atoms with Crippen LogP contribution in [0, 0.1) is 13.8 Å². The van der Waals surface area contributed by atoms with Crippen LogP contribution in [0.5, 0.6) is 17.2 Å². The Kier molecular flexibility index (Phi) is 6.89. The van der Waals surface area contributed by atoms with Gasteiger partial charge in [0, 0.05) is 22.2 Å². The summed E-state index contributed by atoms with van der Waals surface area (Å²) in [7, 11) is 3.31. The number of ether oxygens (including phenoxy) is 3. The van der Waals surface area contributed by atoms with Gasteiger partial charge >= 0.3 is 5.97 Å². The summed E-state index contributed by atoms with van der Waals surface area (Å²) in [5.41, 5.74) is 6.34. The smallest absolute Gasteiger partial charge is 0.343 e. The molecule has 41 heavy (non-hydrogen) atoms. The Hall–Kier alpha value is -5.11. The number of nitrogens with zero attached hydrogens (tertiary/aromatic N) is 4. The summed E-state index contributed by atoms with van der Waals surface area (Å²) in [6.45, 7) is 5.28. The molecule has 4 aromatic carbocycles. The molecular formula is C33H30N4O4. The number of esters is 1. The number of benzene rings is 4. The Morgan fingerprint density at radius 1 is 0.634 bits per heavy atom. The summed E-state index contributed by atoms with van der Waals surface area (Å²) in [5, 5.41) is 11.3. The van der Waals surface area contributed by atoms with Gasteiger partial charge in [-0.3, -0.25) is 9.36 Å². The molecule has 0 bridgehead atoms. The summed E-state index contributed by atoms with van der Waals surface area (Å²) in [5.74, 6) is 1.69. The largest absolute Gasteiger partial charge is 0.497 e. The predicted octanol–water partition coefficient (Wildman–Crippen LogP) is 6.34. The fraction of sp³-hybridized carbons (Fsp3) is 0.182. The highest BCUT2D eigenvalue weighted by molar-refractivity contribution is 5.96. The lowest BCUT2D eigenvalue weighted by Crippen LogP contribution is -2.08. The summed E-state index contributed by atoms with van der Waals surface area (Å²) in [6.07, 6.45) is 0. The minimum Gasteiger partial charge on any atom is -0.497 e. The number of hydrogen-bond donors (Lipinski definition) is 0. The average molecular weight is 547 g/mol. The lowest BCUT2D eigenvalue weighted by atomic mass is 10.1. The van der Waals surface area contributed by atoms with E-state index in [0.717, 1.165) is 55.8 Å². The molecule has 0 aliphatic carbocycles. The van der Waals surface area contributed by atoms with Gasteiger partial charge < -0.3 is 14.2 Å². The first-order valence-corrected chi connectivity index (χ1v) is 13.3. The van der Waals surface area contributed by atoms with Crippen molar-refractivity contribution in [2.45, 2.75) is 26.9 Å². The predicted molar refractivity (Wildman–Crippen MR) is 158 cm³/mol. The third kappa shape index (κ3) is 5.24. The molecule has 6 rings (SSSR count). The first-order chi connectivity index (χ1) is 19.9. The molecule has 2 heterocycles. The van der Waals surface area contributed by atoms with Gasteiger partial charge in [-0.25, -0.2) is 4.79 Å². The fourth-order valence-electron chi connectivity index (χ4n) is 4.97. The summed E-state index contributed by atoms with van der Waals surface area (Å²) in [6, 6.07) is 26.9. The van der Waals surface area contributed by atoms with Gasteiger partial charge in [0.05, 0.1) is 43.9 Å². The second-order valence-electron chi connectivity index (χ2n) is 9.98. The fourth-order valence-corrected chi connectivity index (χ4v) is 4.97. The molecular weight excluding hydrogens is 516 g/mol. The van der Waals surface area contributed by atoms with Crippen LogP contribution in [0.3, 0.4) is 0 Å². The van der Waals surface area contributed by atoms with E-state index >= 15 is 0 Å². The zero-order valence-corrected chi connectivity index (χ0v) is 23.4. The summed E-state index contributed by atoms with van der Waals surface area (Å²) < 4.78 is 20.2. The van der Waals surface area contributed by atoms with E-state index in [4.69, 9.17) is 24.4 Å². The molecule has 0 radical (unpaired) electrons. The zero-order valence-electron chi connectivity index (χ0n) is 23.4.